The number of rotatable bonds is 5. The third-order valence-electron chi connectivity index (χ3n) is 3.33. The van der Waals surface area contributed by atoms with Crippen LogP contribution >= 0.6 is 22.6 Å². The van der Waals surface area contributed by atoms with E-state index in [2.05, 4.69) is 53.0 Å². The highest BCUT2D eigenvalue weighted by Crippen LogP contribution is 2.27. The van der Waals surface area contributed by atoms with Gasteiger partial charge in [0.1, 0.15) is 5.82 Å². The van der Waals surface area contributed by atoms with E-state index in [-0.39, 0.29) is 11.9 Å². The molecule has 3 heteroatoms. The maximum atomic E-state index is 13.5. The van der Waals surface area contributed by atoms with Crippen LogP contribution in [0.3, 0.4) is 0 Å². The van der Waals surface area contributed by atoms with E-state index in [1.165, 1.54) is 9.13 Å². The Morgan fingerprint density at radius 3 is 2.60 bits per heavy atom. The molecule has 0 spiro atoms. The lowest BCUT2D eigenvalue weighted by molar-refractivity contribution is 0.588. The van der Waals surface area contributed by atoms with E-state index >= 15 is 0 Å². The van der Waals surface area contributed by atoms with Gasteiger partial charge in [-0.1, -0.05) is 37.3 Å². The molecule has 1 unspecified atom stereocenters. The normalized spacial score (nSPS) is 12.4. The third-order valence-corrected chi connectivity index (χ3v) is 4.31. The van der Waals surface area contributed by atoms with Crippen molar-refractivity contribution in [3.63, 3.8) is 0 Å². The number of hydrogen-bond donors (Lipinski definition) is 1. The summed E-state index contributed by atoms with van der Waals surface area (Å²) in [7, 11) is 0. The van der Waals surface area contributed by atoms with Gasteiger partial charge in [-0.25, -0.2) is 4.39 Å². The molecule has 0 aliphatic rings. The Hall–Kier alpha value is -0.940. The first kappa shape index (κ1) is 15.4. The molecule has 0 aliphatic carbocycles. The minimum absolute atomic E-state index is 0.113. The summed E-state index contributed by atoms with van der Waals surface area (Å²) in [5.74, 6) is -0.147. The number of benzene rings is 2. The van der Waals surface area contributed by atoms with Crippen LogP contribution in [0.1, 0.15) is 36.1 Å². The monoisotopic (exact) mass is 383 g/mol. The molecule has 0 aliphatic heterocycles. The van der Waals surface area contributed by atoms with E-state index in [1.807, 2.05) is 25.1 Å². The smallest absolute Gasteiger partial charge is 0.126 e. The molecule has 1 atom stereocenters. The summed E-state index contributed by atoms with van der Waals surface area (Å²) in [6, 6.07) is 13.8. The van der Waals surface area contributed by atoms with Crippen LogP contribution in [0, 0.1) is 16.3 Å². The minimum atomic E-state index is -0.147. The predicted molar refractivity (Wildman–Crippen MR) is 90.4 cm³/mol. The Kier molecular flexibility index (Phi) is 5.54. The molecule has 2 rings (SSSR count). The number of halogens is 2. The van der Waals surface area contributed by atoms with Gasteiger partial charge in [0.25, 0.3) is 0 Å². The van der Waals surface area contributed by atoms with Gasteiger partial charge >= 0.3 is 0 Å². The van der Waals surface area contributed by atoms with Crippen LogP contribution in [0.25, 0.3) is 0 Å². The average Bonchev–Trinajstić information content (AvgIpc) is 2.44. The summed E-state index contributed by atoms with van der Waals surface area (Å²) in [6.45, 7) is 4.90. The molecule has 2 aromatic rings. The maximum absolute atomic E-state index is 13.5. The highest BCUT2D eigenvalue weighted by atomic mass is 127. The molecule has 1 N–H and O–H groups in total. The Labute approximate surface area is 133 Å². The summed E-state index contributed by atoms with van der Waals surface area (Å²) < 4.78 is 14.7. The molecule has 2 aromatic carbocycles. The van der Waals surface area contributed by atoms with Crippen LogP contribution in [0.2, 0.25) is 0 Å². The molecular formula is C17H19FIN. The summed E-state index contributed by atoms with van der Waals surface area (Å²) >= 11 is 2.36. The third kappa shape index (κ3) is 3.58. The second-order valence-electron chi connectivity index (χ2n) is 4.92. The van der Waals surface area contributed by atoms with Gasteiger partial charge in [0.05, 0.1) is 6.04 Å². The Balaban J connectivity index is 2.41. The van der Waals surface area contributed by atoms with Crippen LogP contribution in [0.5, 0.6) is 0 Å². The molecule has 0 heterocycles. The molecule has 0 amide bonds. The number of nitrogens with one attached hydrogen (secondary N) is 1. The first-order chi connectivity index (χ1) is 9.63. The Morgan fingerprint density at radius 2 is 1.95 bits per heavy atom. The second kappa shape index (κ2) is 7.18. The highest BCUT2D eigenvalue weighted by Gasteiger charge is 2.16. The van der Waals surface area contributed by atoms with Crippen molar-refractivity contribution in [3.05, 3.63) is 68.5 Å². The van der Waals surface area contributed by atoms with Gasteiger partial charge in [-0.05, 0) is 71.3 Å². The van der Waals surface area contributed by atoms with Crippen molar-refractivity contribution in [2.24, 2.45) is 0 Å². The van der Waals surface area contributed by atoms with Crippen LogP contribution in [-0.2, 0) is 0 Å². The van der Waals surface area contributed by atoms with Crippen molar-refractivity contribution in [3.8, 4) is 0 Å². The summed E-state index contributed by atoms with van der Waals surface area (Å²) in [4.78, 5) is 0. The first-order valence-corrected chi connectivity index (χ1v) is 7.95. The van der Waals surface area contributed by atoms with Crippen molar-refractivity contribution < 1.29 is 4.39 Å². The van der Waals surface area contributed by atoms with Gasteiger partial charge in [-0.3, -0.25) is 0 Å². The summed E-state index contributed by atoms with van der Waals surface area (Å²) in [5, 5.41) is 3.56. The fourth-order valence-electron chi connectivity index (χ4n) is 2.25. The van der Waals surface area contributed by atoms with E-state index in [0.717, 1.165) is 18.5 Å². The number of hydrogen-bond acceptors (Lipinski definition) is 1. The molecule has 0 saturated carbocycles. The fourth-order valence-corrected chi connectivity index (χ4v) is 2.95. The number of aryl methyl sites for hydroxylation is 1. The van der Waals surface area contributed by atoms with Crippen molar-refractivity contribution in [1.82, 2.24) is 5.32 Å². The first-order valence-electron chi connectivity index (χ1n) is 6.87. The van der Waals surface area contributed by atoms with Gasteiger partial charge < -0.3 is 5.32 Å². The van der Waals surface area contributed by atoms with Crippen LogP contribution in [-0.4, -0.2) is 6.54 Å². The maximum Gasteiger partial charge on any atom is 0.126 e. The molecule has 0 saturated heterocycles. The zero-order valence-corrected chi connectivity index (χ0v) is 13.9. The summed E-state index contributed by atoms with van der Waals surface area (Å²) in [5.41, 5.74) is 3.05. The topological polar surface area (TPSA) is 12.0 Å². The van der Waals surface area contributed by atoms with E-state index in [9.17, 15) is 4.39 Å². The van der Waals surface area contributed by atoms with Gasteiger partial charge in [0.15, 0.2) is 0 Å². The van der Waals surface area contributed by atoms with Crippen LogP contribution in [0.4, 0.5) is 4.39 Å². The van der Waals surface area contributed by atoms with Gasteiger partial charge in [-0.15, -0.1) is 0 Å². The molecule has 106 valence electrons. The van der Waals surface area contributed by atoms with Gasteiger partial charge in [0.2, 0.25) is 0 Å². The molecule has 0 fully saturated rings. The van der Waals surface area contributed by atoms with Crippen molar-refractivity contribution in [2.45, 2.75) is 26.3 Å². The lowest BCUT2D eigenvalue weighted by Gasteiger charge is -2.21. The van der Waals surface area contributed by atoms with E-state index in [4.69, 9.17) is 0 Å². The Bertz CT molecular complexity index is 583. The molecule has 20 heavy (non-hydrogen) atoms. The van der Waals surface area contributed by atoms with Crippen molar-refractivity contribution >= 4 is 22.6 Å². The minimum Gasteiger partial charge on any atom is -0.306 e. The molecule has 0 radical (unpaired) electrons. The fraction of sp³-hybridized carbons (Fsp3) is 0.294. The lowest BCUT2D eigenvalue weighted by Crippen LogP contribution is -2.24. The molecule has 0 bridgehead atoms. The van der Waals surface area contributed by atoms with Crippen LogP contribution in [0.15, 0.2) is 42.5 Å². The lowest BCUT2D eigenvalue weighted by atomic mass is 9.97. The van der Waals surface area contributed by atoms with Gasteiger partial charge in [-0.2, -0.15) is 0 Å². The van der Waals surface area contributed by atoms with Crippen LogP contribution < -0.4 is 5.32 Å². The average molecular weight is 383 g/mol. The predicted octanol–water partition coefficient (Wildman–Crippen LogP) is 4.83. The standard InChI is InChI=1S/C17H19FIN/c1-3-10-20-17(14-6-4-5-7-16(14)19)13-8-9-15(18)12(2)11-13/h4-9,11,17,20H,3,10H2,1-2H3. The zero-order valence-electron chi connectivity index (χ0n) is 11.8. The van der Waals surface area contributed by atoms with E-state index < -0.39 is 0 Å². The van der Waals surface area contributed by atoms with Gasteiger partial charge in [0, 0.05) is 3.57 Å². The highest BCUT2D eigenvalue weighted by molar-refractivity contribution is 14.1. The molecule has 1 nitrogen and oxygen atoms in total. The quantitative estimate of drug-likeness (QED) is 0.730. The molecule has 0 aromatic heterocycles. The van der Waals surface area contributed by atoms with Crippen molar-refractivity contribution in [2.75, 3.05) is 6.54 Å². The molecular weight excluding hydrogens is 364 g/mol. The largest absolute Gasteiger partial charge is 0.306 e. The van der Waals surface area contributed by atoms with Crippen molar-refractivity contribution in [1.29, 1.82) is 0 Å². The van der Waals surface area contributed by atoms with E-state index in [0.29, 0.717) is 5.56 Å². The second-order valence-corrected chi connectivity index (χ2v) is 6.08. The summed E-state index contributed by atoms with van der Waals surface area (Å²) in [6.07, 6.45) is 1.07. The Morgan fingerprint density at radius 1 is 1.20 bits per heavy atom. The SMILES string of the molecule is CCCNC(c1ccc(F)c(C)c1)c1ccccc1I. The zero-order chi connectivity index (χ0) is 14.5. The van der Waals surface area contributed by atoms with E-state index in [1.54, 1.807) is 6.07 Å².